The summed E-state index contributed by atoms with van der Waals surface area (Å²) in [5.41, 5.74) is 1.41. The molecule has 1 heterocycles. The molecule has 1 aromatic carbocycles. The minimum Gasteiger partial charge on any atom is -0.496 e. The SMILES string of the molecule is COc1cc(S(=O)(=O)N2CCC[C@]3(CCC[C@H]3O)C2)c(C)cc1C. The van der Waals surface area contributed by atoms with Crippen molar-refractivity contribution in [2.24, 2.45) is 5.41 Å². The molecule has 1 spiro atoms. The second-order valence-electron chi connectivity index (χ2n) is 7.30. The molecule has 0 amide bonds. The summed E-state index contributed by atoms with van der Waals surface area (Å²) in [6.07, 6.45) is 4.01. The van der Waals surface area contributed by atoms with E-state index >= 15 is 0 Å². The molecule has 1 aromatic rings. The summed E-state index contributed by atoms with van der Waals surface area (Å²) in [6.45, 7) is 4.68. The zero-order valence-electron chi connectivity index (χ0n) is 14.7. The van der Waals surface area contributed by atoms with Crippen molar-refractivity contribution in [1.82, 2.24) is 4.31 Å². The highest BCUT2D eigenvalue weighted by atomic mass is 32.2. The number of ether oxygens (including phenoxy) is 1. The van der Waals surface area contributed by atoms with Crippen LogP contribution in [0.1, 0.15) is 43.2 Å². The molecule has 0 aromatic heterocycles. The minimum absolute atomic E-state index is 0.256. The van der Waals surface area contributed by atoms with Crippen LogP contribution in [0.2, 0.25) is 0 Å². The minimum atomic E-state index is -3.59. The second kappa shape index (κ2) is 6.32. The fraction of sp³-hybridized carbons (Fsp3) is 0.667. The van der Waals surface area contributed by atoms with E-state index in [2.05, 4.69) is 0 Å². The maximum atomic E-state index is 13.2. The Morgan fingerprint density at radius 1 is 1.21 bits per heavy atom. The quantitative estimate of drug-likeness (QED) is 0.907. The van der Waals surface area contributed by atoms with Crippen LogP contribution in [0.4, 0.5) is 0 Å². The molecule has 0 radical (unpaired) electrons. The number of aryl methyl sites for hydroxylation is 2. The molecule has 1 saturated heterocycles. The van der Waals surface area contributed by atoms with Gasteiger partial charge in [-0.15, -0.1) is 0 Å². The number of aliphatic hydroxyl groups excluding tert-OH is 1. The van der Waals surface area contributed by atoms with E-state index in [1.807, 2.05) is 19.9 Å². The number of piperidine rings is 1. The van der Waals surface area contributed by atoms with Crippen molar-refractivity contribution in [1.29, 1.82) is 0 Å². The van der Waals surface area contributed by atoms with E-state index in [0.29, 0.717) is 23.7 Å². The van der Waals surface area contributed by atoms with Crippen LogP contribution in [-0.2, 0) is 10.0 Å². The first-order valence-corrected chi connectivity index (χ1v) is 10.1. The Morgan fingerprint density at radius 3 is 2.54 bits per heavy atom. The van der Waals surface area contributed by atoms with Crippen LogP contribution in [0.5, 0.6) is 5.75 Å². The highest BCUT2D eigenvalue weighted by Gasteiger charge is 2.47. The molecule has 5 nitrogen and oxygen atoms in total. The summed E-state index contributed by atoms with van der Waals surface area (Å²) >= 11 is 0. The second-order valence-corrected chi connectivity index (χ2v) is 9.21. The summed E-state index contributed by atoms with van der Waals surface area (Å²) in [4.78, 5) is 0.314. The molecule has 1 N–H and O–H groups in total. The average molecular weight is 353 g/mol. The van der Waals surface area contributed by atoms with Crippen molar-refractivity contribution in [3.8, 4) is 5.75 Å². The predicted molar refractivity (Wildman–Crippen MR) is 92.8 cm³/mol. The van der Waals surface area contributed by atoms with Crippen molar-refractivity contribution >= 4 is 10.0 Å². The van der Waals surface area contributed by atoms with Crippen LogP contribution < -0.4 is 4.74 Å². The maximum absolute atomic E-state index is 13.2. The Morgan fingerprint density at radius 2 is 1.92 bits per heavy atom. The van der Waals surface area contributed by atoms with Gasteiger partial charge in [-0.2, -0.15) is 4.31 Å². The fourth-order valence-corrected chi connectivity index (χ4v) is 6.17. The summed E-state index contributed by atoms with van der Waals surface area (Å²) in [5.74, 6) is 0.590. The van der Waals surface area contributed by atoms with Crippen LogP contribution in [0, 0.1) is 19.3 Å². The normalized spacial score (nSPS) is 28.4. The highest BCUT2D eigenvalue weighted by Crippen LogP contribution is 2.46. The zero-order chi connectivity index (χ0) is 17.5. The van der Waals surface area contributed by atoms with Crippen LogP contribution in [0.15, 0.2) is 17.0 Å². The molecule has 1 saturated carbocycles. The monoisotopic (exact) mass is 353 g/mol. The van der Waals surface area contributed by atoms with E-state index in [1.165, 1.54) is 0 Å². The third-order valence-corrected chi connectivity index (χ3v) is 7.73. The lowest BCUT2D eigenvalue weighted by Gasteiger charge is -2.42. The molecular weight excluding hydrogens is 326 g/mol. The van der Waals surface area contributed by atoms with Gasteiger partial charge in [-0.05, 0) is 50.7 Å². The predicted octanol–water partition coefficient (Wildman–Crippen LogP) is 2.63. The summed E-state index contributed by atoms with van der Waals surface area (Å²) in [6, 6.07) is 3.49. The van der Waals surface area contributed by atoms with Crippen molar-refractivity contribution in [3.05, 3.63) is 23.3 Å². The number of sulfonamides is 1. The third-order valence-electron chi connectivity index (χ3n) is 5.74. The van der Waals surface area contributed by atoms with Gasteiger partial charge in [0, 0.05) is 24.6 Å². The van der Waals surface area contributed by atoms with E-state index in [-0.39, 0.29) is 11.5 Å². The fourth-order valence-electron chi connectivity index (χ4n) is 4.37. The standard InChI is InChI=1S/C18H27NO4S/c1-13-10-14(2)16(11-15(13)23-3)24(21,22)19-9-5-8-18(12-19)7-4-6-17(18)20/h10-11,17,20H,4-9,12H2,1-3H3/t17-,18-/m1/s1. The summed E-state index contributed by atoms with van der Waals surface area (Å²) < 4.78 is 33.3. The molecule has 1 aliphatic carbocycles. The summed E-state index contributed by atoms with van der Waals surface area (Å²) in [5, 5.41) is 10.4. The lowest BCUT2D eigenvalue weighted by Crippen LogP contribution is -2.49. The van der Waals surface area contributed by atoms with Gasteiger partial charge in [0.1, 0.15) is 5.75 Å². The van der Waals surface area contributed by atoms with E-state index in [1.54, 1.807) is 17.5 Å². The largest absolute Gasteiger partial charge is 0.496 e. The Bertz CT molecular complexity index is 731. The first-order valence-electron chi connectivity index (χ1n) is 8.64. The number of methoxy groups -OCH3 is 1. The summed E-state index contributed by atoms with van der Waals surface area (Å²) in [7, 11) is -2.03. The van der Waals surface area contributed by atoms with Gasteiger partial charge in [0.15, 0.2) is 0 Å². The van der Waals surface area contributed by atoms with Gasteiger partial charge in [0.25, 0.3) is 0 Å². The Hall–Kier alpha value is -1.11. The topological polar surface area (TPSA) is 66.8 Å². The van der Waals surface area contributed by atoms with Gasteiger partial charge in [-0.1, -0.05) is 12.5 Å². The van der Waals surface area contributed by atoms with Gasteiger partial charge >= 0.3 is 0 Å². The molecule has 134 valence electrons. The van der Waals surface area contributed by atoms with Crippen molar-refractivity contribution < 1.29 is 18.3 Å². The van der Waals surface area contributed by atoms with Gasteiger partial charge in [0.2, 0.25) is 10.0 Å². The van der Waals surface area contributed by atoms with Gasteiger partial charge in [-0.3, -0.25) is 0 Å². The lowest BCUT2D eigenvalue weighted by atomic mass is 9.77. The molecule has 2 fully saturated rings. The Labute approximate surface area is 144 Å². The van der Waals surface area contributed by atoms with Crippen LogP contribution in [0.25, 0.3) is 0 Å². The van der Waals surface area contributed by atoms with Crippen LogP contribution in [0.3, 0.4) is 0 Å². The van der Waals surface area contributed by atoms with E-state index in [4.69, 9.17) is 4.74 Å². The molecule has 0 bridgehead atoms. The van der Waals surface area contributed by atoms with Crippen molar-refractivity contribution in [2.45, 2.75) is 57.0 Å². The number of hydrogen-bond acceptors (Lipinski definition) is 4. The average Bonchev–Trinajstić information content (AvgIpc) is 2.87. The van der Waals surface area contributed by atoms with E-state index in [9.17, 15) is 13.5 Å². The molecule has 0 unspecified atom stereocenters. The Kier molecular flexibility index (Phi) is 4.66. The molecule has 24 heavy (non-hydrogen) atoms. The molecule has 6 heteroatoms. The van der Waals surface area contributed by atoms with Crippen LogP contribution in [-0.4, -0.2) is 44.1 Å². The Balaban J connectivity index is 1.96. The first-order chi connectivity index (χ1) is 11.3. The number of aliphatic hydroxyl groups is 1. The zero-order valence-corrected chi connectivity index (χ0v) is 15.5. The van der Waals surface area contributed by atoms with Gasteiger partial charge in [0.05, 0.1) is 18.1 Å². The number of nitrogens with zero attached hydrogens (tertiary/aromatic N) is 1. The van der Waals surface area contributed by atoms with Gasteiger partial charge in [-0.25, -0.2) is 8.42 Å². The number of hydrogen-bond donors (Lipinski definition) is 1. The molecular formula is C18H27NO4S. The molecule has 3 rings (SSSR count). The maximum Gasteiger partial charge on any atom is 0.243 e. The van der Waals surface area contributed by atoms with Crippen LogP contribution >= 0.6 is 0 Å². The van der Waals surface area contributed by atoms with E-state index in [0.717, 1.165) is 43.2 Å². The third kappa shape index (κ3) is 2.85. The number of rotatable bonds is 3. The van der Waals surface area contributed by atoms with Crippen molar-refractivity contribution in [3.63, 3.8) is 0 Å². The molecule has 1 aliphatic heterocycles. The number of benzene rings is 1. The highest BCUT2D eigenvalue weighted by molar-refractivity contribution is 7.89. The van der Waals surface area contributed by atoms with Gasteiger partial charge < -0.3 is 9.84 Å². The molecule has 2 atom stereocenters. The smallest absolute Gasteiger partial charge is 0.243 e. The van der Waals surface area contributed by atoms with E-state index < -0.39 is 10.0 Å². The molecule has 2 aliphatic rings. The lowest BCUT2D eigenvalue weighted by molar-refractivity contribution is 0.0127. The first kappa shape index (κ1) is 17.7. The van der Waals surface area contributed by atoms with Crippen molar-refractivity contribution in [2.75, 3.05) is 20.2 Å².